The van der Waals surface area contributed by atoms with Gasteiger partial charge in [-0.1, -0.05) is 276 Å². The Labute approximate surface area is 429 Å². The van der Waals surface area contributed by atoms with Gasteiger partial charge >= 0.3 is 17.9 Å². The highest BCUT2D eigenvalue weighted by Gasteiger charge is 2.19. The zero-order valence-electron chi connectivity index (χ0n) is 46.3. The van der Waals surface area contributed by atoms with E-state index < -0.39 is 6.10 Å². The second-order valence-electron chi connectivity index (χ2n) is 20.6. The first-order chi connectivity index (χ1) is 34.0. The molecule has 0 rings (SSSR count). The second-order valence-corrected chi connectivity index (χ2v) is 20.6. The predicted molar refractivity (Wildman–Crippen MR) is 298 cm³/mol. The van der Waals surface area contributed by atoms with E-state index in [0.717, 1.165) is 83.5 Å². The number of hydrogen-bond donors (Lipinski definition) is 0. The Kier molecular flexibility index (Phi) is 56.2. The summed E-state index contributed by atoms with van der Waals surface area (Å²) in [6, 6.07) is 0. The van der Waals surface area contributed by atoms with Gasteiger partial charge in [-0.3, -0.25) is 14.4 Å². The highest BCUT2D eigenvalue weighted by molar-refractivity contribution is 5.71. The van der Waals surface area contributed by atoms with Crippen LogP contribution < -0.4 is 0 Å². The van der Waals surface area contributed by atoms with Crippen LogP contribution in [0.3, 0.4) is 0 Å². The lowest BCUT2D eigenvalue weighted by Crippen LogP contribution is -2.30. The molecule has 1 atom stereocenters. The summed E-state index contributed by atoms with van der Waals surface area (Å²) in [4.78, 5) is 38.2. The number of ether oxygens (including phenoxy) is 3. The Morgan fingerprint density at radius 3 is 0.870 bits per heavy atom. The van der Waals surface area contributed by atoms with Crippen molar-refractivity contribution >= 4 is 17.9 Å². The van der Waals surface area contributed by atoms with Crippen LogP contribution in [0.4, 0.5) is 0 Å². The largest absolute Gasteiger partial charge is 0.462 e. The first-order valence-electron chi connectivity index (χ1n) is 30.5. The maximum atomic E-state index is 12.9. The molecule has 0 heterocycles. The molecule has 404 valence electrons. The number of esters is 3. The second kappa shape index (κ2) is 58.2. The van der Waals surface area contributed by atoms with E-state index in [9.17, 15) is 14.4 Å². The van der Waals surface area contributed by atoms with Crippen molar-refractivity contribution in [1.82, 2.24) is 0 Å². The zero-order chi connectivity index (χ0) is 50.0. The van der Waals surface area contributed by atoms with Crippen LogP contribution in [0.5, 0.6) is 0 Å². The van der Waals surface area contributed by atoms with E-state index in [0.29, 0.717) is 19.3 Å². The van der Waals surface area contributed by atoms with Crippen LogP contribution >= 0.6 is 0 Å². The Bertz CT molecular complexity index is 1160. The lowest BCUT2D eigenvalue weighted by molar-refractivity contribution is -0.167. The maximum absolute atomic E-state index is 12.9. The molecule has 0 amide bonds. The van der Waals surface area contributed by atoms with Gasteiger partial charge in [-0.05, 0) is 70.6 Å². The van der Waals surface area contributed by atoms with E-state index in [2.05, 4.69) is 57.2 Å². The fourth-order valence-corrected chi connectivity index (χ4v) is 9.01. The van der Waals surface area contributed by atoms with Gasteiger partial charge in [0.2, 0.25) is 0 Å². The molecule has 0 aliphatic heterocycles. The third-order valence-corrected chi connectivity index (χ3v) is 13.6. The molecule has 1 unspecified atom stereocenters. The van der Waals surface area contributed by atoms with Crippen LogP contribution in [0.15, 0.2) is 36.5 Å². The molecular formula is C63H116O6. The van der Waals surface area contributed by atoms with E-state index in [1.54, 1.807) is 0 Å². The third kappa shape index (κ3) is 56.4. The van der Waals surface area contributed by atoms with Gasteiger partial charge in [0.15, 0.2) is 6.10 Å². The van der Waals surface area contributed by atoms with E-state index in [-0.39, 0.29) is 31.1 Å². The molecule has 0 aliphatic rings. The van der Waals surface area contributed by atoms with Crippen molar-refractivity contribution in [1.29, 1.82) is 0 Å². The third-order valence-electron chi connectivity index (χ3n) is 13.6. The smallest absolute Gasteiger partial charge is 0.306 e. The van der Waals surface area contributed by atoms with Gasteiger partial charge in [0.05, 0.1) is 0 Å². The van der Waals surface area contributed by atoms with Crippen molar-refractivity contribution in [2.45, 2.75) is 335 Å². The van der Waals surface area contributed by atoms with Crippen molar-refractivity contribution in [2.24, 2.45) is 0 Å². The van der Waals surface area contributed by atoms with Gasteiger partial charge in [-0.2, -0.15) is 0 Å². The first-order valence-corrected chi connectivity index (χ1v) is 30.5. The van der Waals surface area contributed by atoms with Crippen LogP contribution in [0.2, 0.25) is 0 Å². The number of allylic oxidation sites excluding steroid dienone is 6. The predicted octanol–water partition coefficient (Wildman–Crippen LogP) is 20.4. The molecule has 0 aliphatic carbocycles. The van der Waals surface area contributed by atoms with E-state index in [1.807, 2.05) is 0 Å². The number of unbranched alkanes of at least 4 members (excludes halogenated alkanes) is 39. The average molecular weight is 970 g/mol. The van der Waals surface area contributed by atoms with Crippen LogP contribution in [-0.4, -0.2) is 37.2 Å². The quantitative estimate of drug-likeness (QED) is 0.0261. The van der Waals surface area contributed by atoms with Crippen LogP contribution in [-0.2, 0) is 28.6 Å². The summed E-state index contributed by atoms with van der Waals surface area (Å²) >= 11 is 0. The van der Waals surface area contributed by atoms with Crippen LogP contribution in [0.1, 0.15) is 329 Å². The van der Waals surface area contributed by atoms with Crippen molar-refractivity contribution in [3.63, 3.8) is 0 Å². The molecule has 0 N–H and O–H groups in total. The highest BCUT2D eigenvalue weighted by atomic mass is 16.6. The van der Waals surface area contributed by atoms with E-state index in [4.69, 9.17) is 14.2 Å². The van der Waals surface area contributed by atoms with Crippen molar-refractivity contribution < 1.29 is 28.6 Å². The Morgan fingerprint density at radius 2 is 0.551 bits per heavy atom. The van der Waals surface area contributed by atoms with Gasteiger partial charge < -0.3 is 14.2 Å². The summed E-state index contributed by atoms with van der Waals surface area (Å²) in [5.41, 5.74) is 0. The molecule has 0 aromatic carbocycles. The standard InChI is InChI=1S/C63H116O6/c1-4-7-10-13-16-19-22-25-27-29-30-31-32-34-35-38-41-44-47-50-53-56-62(65)68-59-60(58-67-61(64)55-52-49-46-43-40-37-24-21-18-15-12-9-6-3)69-63(66)57-54-51-48-45-42-39-36-33-28-26-23-20-17-14-11-8-5-2/h12,15,21,24,29-30,60H,4-11,13-14,16-20,22-23,25-28,31-59H2,1-3H3/b15-12-,24-21-,30-29-. The molecular weight excluding hydrogens is 853 g/mol. The maximum Gasteiger partial charge on any atom is 0.306 e. The number of carbonyl (C=O) groups excluding carboxylic acids is 3. The minimum absolute atomic E-state index is 0.0740. The summed E-state index contributed by atoms with van der Waals surface area (Å²) in [6.45, 7) is 6.61. The lowest BCUT2D eigenvalue weighted by atomic mass is 10.0. The molecule has 0 saturated carbocycles. The molecule has 6 nitrogen and oxygen atoms in total. The van der Waals surface area contributed by atoms with Crippen molar-refractivity contribution in [2.75, 3.05) is 13.2 Å². The van der Waals surface area contributed by atoms with E-state index in [1.165, 1.54) is 205 Å². The van der Waals surface area contributed by atoms with Gasteiger partial charge in [0.25, 0.3) is 0 Å². The van der Waals surface area contributed by atoms with Gasteiger partial charge in [0.1, 0.15) is 13.2 Å². The molecule has 0 fully saturated rings. The topological polar surface area (TPSA) is 78.9 Å². The van der Waals surface area contributed by atoms with Gasteiger partial charge in [-0.15, -0.1) is 0 Å². The summed E-state index contributed by atoms with van der Waals surface area (Å²) in [7, 11) is 0. The molecule has 0 radical (unpaired) electrons. The summed E-state index contributed by atoms with van der Waals surface area (Å²) in [5.74, 6) is -0.870. The average Bonchev–Trinajstić information content (AvgIpc) is 3.35. The van der Waals surface area contributed by atoms with Crippen LogP contribution in [0.25, 0.3) is 0 Å². The SMILES string of the molecule is CCC/C=C\C/C=C\CCCCCCCC(=O)OCC(COC(=O)CCCCCCCCCCC/C=C\CCCCCCCCCC)OC(=O)CCCCCCCCCCCCCCCCCCC. The van der Waals surface area contributed by atoms with E-state index >= 15 is 0 Å². The number of carbonyl (C=O) groups is 3. The summed E-state index contributed by atoms with van der Waals surface area (Å²) in [5, 5.41) is 0. The Balaban J connectivity index is 4.30. The molecule has 0 spiro atoms. The lowest BCUT2D eigenvalue weighted by Gasteiger charge is -2.18. The monoisotopic (exact) mass is 969 g/mol. The molecule has 69 heavy (non-hydrogen) atoms. The van der Waals surface area contributed by atoms with Crippen molar-refractivity contribution in [3.8, 4) is 0 Å². The number of rotatable bonds is 56. The summed E-state index contributed by atoms with van der Waals surface area (Å²) < 4.78 is 16.9. The Hall–Kier alpha value is -2.37. The van der Waals surface area contributed by atoms with Gasteiger partial charge in [-0.25, -0.2) is 0 Å². The molecule has 0 bridgehead atoms. The minimum atomic E-state index is -0.776. The first kappa shape index (κ1) is 66.6. The van der Waals surface area contributed by atoms with Gasteiger partial charge in [0, 0.05) is 19.3 Å². The molecule has 0 aromatic rings. The molecule has 6 heteroatoms. The highest BCUT2D eigenvalue weighted by Crippen LogP contribution is 2.17. The fourth-order valence-electron chi connectivity index (χ4n) is 9.01. The molecule has 0 aromatic heterocycles. The zero-order valence-corrected chi connectivity index (χ0v) is 46.3. The van der Waals surface area contributed by atoms with Crippen LogP contribution in [0, 0.1) is 0 Å². The number of hydrogen-bond acceptors (Lipinski definition) is 6. The molecule has 0 saturated heterocycles. The minimum Gasteiger partial charge on any atom is -0.462 e. The van der Waals surface area contributed by atoms with Crippen molar-refractivity contribution in [3.05, 3.63) is 36.5 Å². The summed E-state index contributed by atoms with van der Waals surface area (Å²) in [6.07, 6.45) is 70.0. The fraction of sp³-hybridized carbons (Fsp3) is 0.857. The normalized spacial score (nSPS) is 12.2. The Morgan fingerprint density at radius 1 is 0.290 bits per heavy atom.